The monoisotopic (exact) mass is 432 g/mol. The number of amides is 1. The van der Waals surface area contributed by atoms with Crippen molar-refractivity contribution in [2.75, 3.05) is 5.32 Å². The van der Waals surface area contributed by atoms with Gasteiger partial charge in [-0.3, -0.25) is 9.36 Å². The summed E-state index contributed by atoms with van der Waals surface area (Å²) in [4.78, 5) is 12.7. The highest BCUT2D eigenvalue weighted by molar-refractivity contribution is 8.00. The van der Waals surface area contributed by atoms with E-state index in [-0.39, 0.29) is 5.91 Å². The molecule has 1 aromatic heterocycles. The maximum Gasteiger partial charge on any atom is 0.237 e. The number of nitrogens with zero attached hydrogens (tertiary/aromatic N) is 3. The maximum absolute atomic E-state index is 12.7. The second-order valence-corrected chi connectivity index (χ2v) is 8.75. The van der Waals surface area contributed by atoms with Gasteiger partial charge >= 0.3 is 0 Å². The Morgan fingerprint density at radius 3 is 2.43 bits per heavy atom. The molecule has 1 saturated carbocycles. The Morgan fingerprint density at radius 1 is 1.11 bits per heavy atom. The Kier molecular flexibility index (Phi) is 5.62. The molecule has 1 amide bonds. The Bertz CT molecular complexity index is 984. The van der Waals surface area contributed by atoms with Crippen molar-refractivity contribution in [1.82, 2.24) is 14.8 Å². The quantitative estimate of drug-likeness (QED) is 0.517. The molecule has 1 heterocycles. The van der Waals surface area contributed by atoms with Gasteiger partial charge in [-0.15, -0.1) is 10.2 Å². The second kappa shape index (κ2) is 8.15. The van der Waals surface area contributed by atoms with Gasteiger partial charge in [-0.25, -0.2) is 0 Å². The van der Waals surface area contributed by atoms with Gasteiger partial charge in [0.05, 0.1) is 21.0 Å². The molecule has 1 N–H and O–H groups in total. The van der Waals surface area contributed by atoms with Crippen LogP contribution in [0.3, 0.4) is 0 Å². The normalized spacial score (nSPS) is 14.7. The lowest BCUT2D eigenvalue weighted by molar-refractivity contribution is -0.115. The number of benzene rings is 2. The largest absolute Gasteiger partial charge is 0.323 e. The summed E-state index contributed by atoms with van der Waals surface area (Å²) in [5.74, 6) is 1.19. The highest BCUT2D eigenvalue weighted by atomic mass is 35.5. The Hall–Kier alpha value is -2.02. The number of rotatable bonds is 6. The van der Waals surface area contributed by atoms with Crippen molar-refractivity contribution >= 4 is 46.6 Å². The molecule has 2 aromatic carbocycles. The summed E-state index contributed by atoms with van der Waals surface area (Å²) in [5, 5.41) is 12.7. The first-order chi connectivity index (χ1) is 13.5. The Labute approximate surface area is 177 Å². The van der Waals surface area contributed by atoms with E-state index in [2.05, 4.69) is 20.1 Å². The van der Waals surface area contributed by atoms with E-state index in [1.54, 1.807) is 18.2 Å². The van der Waals surface area contributed by atoms with Crippen molar-refractivity contribution in [2.24, 2.45) is 0 Å². The first-order valence-corrected chi connectivity index (χ1v) is 10.6. The Balaban J connectivity index is 1.56. The number of hydrogen-bond donors (Lipinski definition) is 1. The lowest BCUT2D eigenvalue weighted by Gasteiger charge is -2.15. The van der Waals surface area contributed by atoms with E-state index < -0.39 is 5.25 Å². The van der Waals surface area contributed by atoms with E-state index in [1.807, 2.05) is 37.3 Å². The zero-order valence-corrected chi connectivity index (χ0v) is 17.4. The predicted molar refractivity (Wildman–Crippen MR) is 114 cm³/mol. The molecule has 1 aliphatic rings. The number of anilines is 1. The van der Waals surface area contributed by atoms with Crippen LogP contribution in [0.25, 0.3) is 5.69 Å². The molecule has 3 aromatic rings. The molecule has 8 heteroatoms. The van der Waals surface area contributed by atoms with Crippen LogP contribution in [-0.4, -0.2) is 25.9 Å². The molecular formula is C20H18Cl2N4OS. The van der Waals surface area contributed by atoms with E-state index in [0.29, 0.717) is 26.8 Å². The van der Waals surface area contributed by atoms with Gasteiger partial charge in [0.2, 0.25) is 5.91 Å². The highest BCUT2D eigenvalue weighted by Gasteiger charge is 2.32. The van der Waals surface area contributed by atoms with Gasteiger partial charge in [0.25, 0.3) is 0 Å². The molecule has 4 rings (SSSR count). The van der Waals surface area contributed by atoms with E-state index in [0.717, 1.165) is 24.4 Å². The lowest BCUT2D eigenvalue weighted by atomic mass is 10.3. The van der Waals surface area contributed by atoms with E-state index in [4.69, 9.17) is 23.2 Å². The summed E-state index contributed by atoms with van der Waals surface area (Å²) >= 11 is 13.7. The molecule has 5 nitrogen and oxygen atoms in total. The van der Waals surface area contributed by atoms with Crippen LogP contribution >= 0.6 is 35.0 Å². The van der Waals surface area contributed by atoms with E-state index in [1.165, 1.54) is 11.8 Å². The molecule has 1 aliphatic carbocycles. The van der Waals surface area contributed by atoms with Crippen molar-refractivity contribution < 1.29 is 4.79 Å². The number of aromatic nitrogens is 3. The van der Waals surface area contributed by atoms with Crippen LogP contribution in [0, 0.1) is 0 Å². The number of hydrogen-bond acceptors (Lipinski definition) is 4. The third kappa shape index (κ3) is 4.04. The molecule has 1 atom stereocenters. The SMILES string of the molecule is CC(Sc1nnc(C2CC2)n1-c1ccccc1)C(=O)Nc1c(Cl)cccc1Cl. The number of thioether (sulfide) groups is 1. The molecule has 0 spiro atoms. The van der Waals surface area contributed by atoms with Crippen LogP contribution in [0.2, 0.25) is 10.0 Å². The van der Waals surface area contributed by atoms with Gasteiger partial charge in [-0.2, -0.15) is 0 Å². The number of nitrogens with one attached hydrogen (secondary N) is 1. The molecule has 1 unspecified atom stereocenters. The van der Waals surface area contributed by atoms with Gasteiger partial charge < -0.3 is 5.32 Å². The lowest BCUT2D eigenvalue weighted by Crippen LogP contribution is -2.23. The summed E-state index contributed by atoms with van der Waals surface area (Å²) in [7, 11) is 0. The number of carbonyl (C=O) groups excluding carboxylic acids is 1. The summed E-state index contributed by atoms with van der Waals surface area (Å²) in [6.07, 6.45) is 2.24. The first-order valence-electron chi connectivity index (χ1n) is 8.97. The summed E-state index contributed by atoms with van der Waals surface area (Å²) in [6, 6.07) is 15.1. The third-order valence-electron chi connectivity index (χ3n) is 4.48. The zero-order valence-electron chi connectivity index (χ0n) is 15.1. The smallest absolute Gasteiger partial charge is 0.237 e. The van der Waals surface area contributed by atoms with Crippen LogP contribution in [0.5, 0.6) is 0 Å². The van der Waals surface area contributed by atoms with Crippen LogP contribution in [-0.2, 0) is 4.79 Å². The minimum atomic E-state index is -0.411. The molecule has 28 heavy (non-hydrogen) atoms. The average Bonchev–Trinajstić information content (AvgIpc) is 3.46. The van der Waals surface area contributed by atoms with Gasteiger partial charge in [0, 0.05) is 11.6 Å². The summed E-state index contributed by atoms with van der Waals surface area (Å²) < 4.78 is 2.05. The molecule has 1 fully saturated rings. The minimum absolute atomic E-state index is 0.199. The van der Waals surface area contributed by atoms with E-state index >= 15 is 0 Å². The van der Waals surface area contributed by atoms with Crippen molar-refractivity contribution in [2.45, 2.75) is 36.1 Å². The zero-order chi connectivity index (χ0) is 19.7. The molecular weight excluding hydrogens is 415 g/mol. The molecule has 0 radical (unpaired) electrons. The van der Waals surface area contributed by atoms with Gasteiger partial charge in [0.1, 0.15) is 5.82 Å². The summed E-state index contributed by atoms with van der Waals surface area (Å²) in [5.41, 5.74) is 1.42. The molecule has 144 valence electrons. The van der Waals surface area contributed by atoms with Crippen LogP contribution in [0.4, 0.5) is 5.69 Å². The fraction of sp³-hybridized carbons (Fsp3) is 0.250. The van der Waals surface area contributed by atoms with Crippen molar-refractivity contribution in [3.8, 4) is 5.69 Å². The van der Waals surface area contributed by atoms with Gasteiger partial charge in [-0.1, -0.05) is 59.2 Å². The van der Waals surface area contributed by atoms with Crippen LogP contribution in [0.1, 0.15) is 31.5 Å². The van der Waals surface area contributed by atoms with Gasteiger partial charge in [-0.05, 0) is 44.0 Å². The summed E-state index contributed by atoms with van der Waals surface area (Å²) in [6.45, 7) is 1.82. The number of carbonyl (C=O) groups is 1. The maximum atomic E-state index is 12.7. The van der Waals surface area contributed by atoms with Crippen molar-refractivity contribution in [1.29, 1.82) is 0 Å². The first kappa shape index (κ1) is 19.3. The topological polar surface area (TPSA) is 59.8 Å². The van der Waals surface area contributed by atoms with Crippen LogP contribution in [0.15, 0.2) is 53.7 Å². The molecule has 0 aliphatic heterocycles. The second-order valence-electron chi connectivity index (χ2n) is 6.63. The third-order valence-corrected chi connectivity index (χ3v) is 6.15. The fourth-order valence-electron chi connectivity index (χ4n) is 2.84. The standard InChI is InChI=1S/C20H18Cl2N4OS/c1-12(19(27)23-17-15(21)8-5-9-16(17)22)28-20-25-24-18(13-10-11-13)26(20)14-6-3-2-4-7-14/h2-9,12-13H,10-11H2,1H3,(H,23,27). The average molecular weight is 433 g/mol. The fourth-order valence-corrected chi connectivity index (χ4v) is 4.20. The highest BCUT2D eigenvalue weighted by Crippen LogP contribution is 2.41. The van der Waals surface area contributed by atoms with E-state index in [9.17, 15) is 4.79 Å². The molecule has 0 saturated heterocycles. The van der Waals surface area contributed by atoms with Crippen molar-refractivity contribution in [3.05, 3.63) is 64.4 Å². The predicted octanol–water partition coefficient (Wildman–Crippen LogP) is 5.57. The Morgan fingerprint density at radius 2 is 1.79 bits per heavy atom. The minimum Gasteiger partial charge on any atom is -0.323 e. The molecule has 0 bridgehead atoms. The number of halogens is 2. The number of para-hydroxylation sites is 2. The van der Waals surface area contributed by atoms with Crippen molar-refractivity contribution in [3.63, 3.8) is 0 Å². The van der Waals surface area contributed by atoms with Gasteiger partial charge in [0.15, 0.2) is 5.16 Å². The van der Waals surface area contributed by atoms with Crippen LogP contribution < -0.4 is 5.32 Å².